The Balaban J connectivity index is 2.85. The van der Waals surface area contributed by atoms with E-state index in [9.17, 15) is 9.59 Å². The number of allylic oxidation sites excluding steroid dienone is 2. The van der Waals surface area contributed by atoms with Gasteiger partial charge in [0.05, 0.1) is 12.7 Å². The lowest BCUT2D eigenvalue weighted by Gasteiger charge is -1.92. The van der Waals surface area contributed by atoms with Crippen LogP contribution < -0.4 is 0 Å². The highest BCUT2D eigenvalue weighted by Crippen LogP contribution is 2.17. The van der Waals surface area contributed by atoms with E-state index in [4.69, 9.17) is 4.42 Å². The number of furan rings is 1. The first kappa shape index (κ1) is 14.0. The molecule has 0 saturated carbocycles. The van der Waals surface area contributed by atoms with Crippen LogP contribution in [-0.4, -0.2) is 18.9 Å². The highest BCUT2D eigenvalue weighted by Gasteiger charge is 2.09. The maximum absolute atomic E-state index is 11.2. The van der Waals surface area contributed by atoms with Gasteiger partial charge < -0.3 is 9.15 Å². The number of Topliss-reactive ketones (excluding diaryl/α,β-unsaturated/α-hetero) is 1. The van der Waals surface area contributed by atoms with Crippen molar-refractivity contribution in [2.75, 3.05) is 7.11 Å². The van der Waals surface area contributed by atoms with Gasteiger partial charge in [-0.3, -0.25) is 4.79 Å². The second-order valence-electron chi connectivity index (χ2n) is 3.92. The average molecular weight is 248 g/mol. The molecule has 1 heterocycles. The lowest BCUT2D eigenvalue weighted by Crippen LogP contribution is -1.94. The van der Waals surface area contributed by atoms with Gasteiger partial charge in [0.1, 0.15) is 11.5 Å². The van der Waals surface area contributed by atoms with Crippen molar-refractivity contribution in [1.29, 1.82) is 0 Å². The third kappa shape index (κ3) is 3.73. The molecule has 1 rings (SSSR count). The quantitative estimate of drug-likeness (QED) is 0.356. The highest BCUT2D eigenvalue weighted by molar-refractivity contribution is 5.95. The molecule has 4 heteroatoms. The molecule has 96 valence electrons. The second kappa shape index (κ2) is 6.00. The molecule has 0 spiro atoms. The number of ketones is 1. The van der Waals surface area contributed by atoms with Crippen LogP contribution in [0.2, 0.25) is 0 Å². The fourth-order valence-electron chi connectivity index (χ4n) is 1.44. The van der Waals surface area contributed by atoms with Crippen molar-refractivity contribution in [2.45, 2.75) is 20.8 Å². The zero-order chi connectivity index (χ0) is 13.7. The van der Waals surface area contributed by atoms with Crippen molar-refractivity contribution < 1.29 is 18.7 Å². The Labute approximate surface area is 106 Å². The number of carbonyl (C=O) groups excluding carboxylic acids is 2. The molecule has 0 N–H and O–H groups in total. The number of rotatable bonds is 4. The number of esters is 1. The Morgan fingerprint density at radius 3 is 2.50 bits per heavy atom. The Kier molecular flexibility index (Phi) is 4.66. The van der Waals surface area contributed by atoms with Crippen LogP contribution in [-0.2, 0) is 9.53 Å². The molecule has 0 radical (unpaired) electrons. The summed E-state index contributed by atoms with van der Waals surface area (Å²) < 4.78 is 9.92. The summed E-state index contributed by atoms with van der Waals surface area (Å²) in [6, 6.07) is 1.68. The van der Waals surface area contributed by atoms with Crippen LogP contribution in [0.5, 0.6) is 0 Å². The molecule has 0 aliphatic heterocycles. The lowest BCUT2D eigenvalue weighted by atomic mass is 10.2. The molecule has 0 amide bonds. The molecular weight excluding hydrogens is 232 g/mol. The summed E-state index contributed by atoms with van der Waals surface area (Å²) in [6.07, 6.45) is 4.80. The van der Waals surface area contributed by atoms with Gasteiger partial charge in [-0.2, -0.15) is 0 Å². The van der Waals surface area contributed by atoms with Gasteiger partial charge in [-0.1, -0.05) is 6.08 Å². The van der Waals surface area contributed by atoms with Gasteiger partial charge in [-0.15, -0.1) is 0 Å². The minimum Gasteiger partial charge on any atom is -0.466 e. The topological polar surface area (TPSA) is 56.5 Å². The van der Waals surface area contributed by atoms with E-state index in [1.807, 2.05) is 0 Å². The van der Waals surface area contributed by atoms with Crippen LogP contribution in [0.4, 0.5) is 0 Å². The molecule has 1 aromatic rings. The lowest BCUT2D eigenvalue weighted by molar-refractivity contribution is -0.134. The van der Waals surface area contributed by atoms with E-state index in [1.54, 1.807) is 32.1 Å². The van der Waals surface area contributed by atoms with E-state index >= 15 is 0 Å². The fraction of sp³-hybridized carbons (Fsp3) is 0.286. The van der Waals surface area contributed by atoms with Gasteiger partial charge in [0.15, 0.2) is 5.78 Å². The third-order valence-corrected chi connectivity index (χ3v) is 2.37. The predicted octanol–water partition coefficient (Wildman–Crippen LogP) is 2.92. The van der Waals surface area contributed by atoms with Gasteiger partial charge in [0.2, 0.25) is 0 Å². The third-order valence-electron chi connectivity index (χ3n) is 2.37. The van der Waals surface area contributed by atoms with Crippen molar-refractivity contribution in [3.63, 3.8) is 0 Å². The van der Waals surface area contributed by atoms with E-state index in [0.717, 1.165) is 5.57 Å². The number of aryl methyl sites for hydroxylation is 1. The molecule has 0 aromatic carbocycles. The van der Waals surface area contributed by atoms with Crippen LogP contribution in [0.15, 0.2) is 28.2 Å². The van der Waals surface area contributed by atoms with Crippen LogP contribution >= 0.6 is 0 Å². The number of ether oxygens (including phenoxy) is 1. The van der Waals surface area contributed by atoms with E-state index < -0.39 is 5.97 Å². The van der Waals surface area contributed by atoms with Gasteiger partial charge in [0.25, 0.3) is 0 Å². The molecule has 0 atom stereocenters. The van der Waals surface area contributed by atoms with E-state index in [-0.39, 0.29) is 5.78 Å². The molecule has 0 unspecified atom stereocenters. The first-order valence-electron chi connectivity index (χ1n) is 5.49. The molecule has 4 nitrogen and oxygen atoms in total. The van der Waals surface area contributed by atoms with E-state index in [0.29, 0.717) is 17.1 Å². The Morgan fingerprint density at radius 2 is 2.00 bits per heavy atom. The van der Waals surface area contributed by atoms with Crippen molar-refractivity contribution in [1.82, 2.24) is 0 Å². The maximum Gasteiger partial charge on any atom is 0.330 e. The van der Waals surface area contributed by atoms with E-state index in [1.165, 1.54) is 20.1 Å². The molecular formula is C14H16O4. The van der Waals surface area contributed by atoms with Crippen molar-refractivity contribution in [3.8, 4) is 0 Å². The number of methoxy groups -OCH3 is 1. The normalized spacial score (nSPS) is 11.9. The molecule has 0 aliphatic carbocycles. The first-order valence-corrected chi connectivity index (χ1v) is 5.49. The number of carbonyl (C=O) groups is 2. The second-order valence-corrected chi connectivity index (χ2v) is 3.92. The zero-order valence-corrected chi connectivity index (χ0v) is 10.9. The SMILES string of the molecule is COC(=O)/C=C(C)\C=C/c1cc(C(C)=O)c(C)o1. The standard InChI is InChI=1S/C14H16O4/c1-9(7-14(16)17-4)5-6-12-8-13(10(2)15)11(3)18-12/h5-8H,1-4H3/b6-5-,9-7-. The Morgan fingerprint density at radius 1 is 1.33 bits per heavy atom. The molecule has 18 heavy (non-hydrogen) atoms. The Hall–Kier alpha value is -2.10. The number of hydrogen-bond donors (Lipinski definition) is 0. The van der Waals surface area contributed by atoms with Crippen molar-refractivity contribution in [3.05, 3.63) is 40.9 Å². The average Bonchev–Trinajstić information content (AvgIpc) is 2.68. The molecule has 0 fully saturated rings. The van der Waals surface area contributed by atoms with E-state index in [2.05, 4.69) is 4.74 Å². The summed E-state index contributed by atoms with van der Waals surface area (Å²) in [4.78, 5) is 22.2. The minimum atomic E-state index is -0.405. The predicted molar refractivity (Wildman–Crippen MR) is 68.3 cm³/mol. The maximum atomic E-state index is 11.2. The molecule has 1 aromatic heterocycles. The summed E-state index contributed by atoms with van der Waals surface area (Å²) in [6.45, 7) is 5.01. The van der Waals surface area contributed by atoms with Crippen LogP contribution in [0, 0.1) is 6.92 Å². The summed E-state index contributed by atoms with van der Waals surface area (Å²) in [5, 5.41) is 0. The summed E-state index contributed by atoms with van der Waals surface area (Å²) in [7, 11) is 1.32. The largest absolute Gasteiger partial charge is 0.466 e. The smallest absolute Gasteiger partial charge is 0.330 e. The van der Waals surface area contributed by atoms with Crippen molar-refractivity contribution in [2.24, 2.45) is 0 Å². The number of hydrogen-bond acceptors (Lipinski definition) is 4. The minimum absolute atomic E-state index is 0.0299. The fourth-order valence-corrected chi connectivity index (χ4v) is 1.44. The summed E-state index contributed by atoms with van der Waals surface area (Å²) in [5.41, 5.74) is 1.31. The monoisotopic (exact) mass is 248 g/mol. The molecule has 0 aliphatic rings. The Bertz CT molecular complexity index is 518. The van der Waals surface area contributed by atoms with Crippen LogP contribution in [0.1, 0.15) is 35.7 Å². The summed E-state index contributed by atoms with van der Waals surface area (Å²) >= 11 is 0. The van der Waals surface area contributed by atoms with Gasteiger partial charge in [-0.05, 0) is 38.5 Å². The zero-order valence-electron chi connectivity index (χ0n) is 10.9. The highest BCUT2D eigenvalue weighted by atomic mass is 16.5. The van der Waals surface area contributed by atoms with Gasteiger partial charge in [-0.25, -0.2) is 4.79 Å². The molecule has 0 bridgehead atoms. The van der Waals surface area contributed by atoms with Gasteiger partial charge in [0, 0.05) is 6.08 Å². The molecule has 0 saturated heterocycles. The van der Waals surface area contributed by atoms with Crippen LogP contribution in [0.3, 0.4) is 0 Å². The van der Waals surface area contributed by atoms with Crippen LogP contribution in [0.25, 0.3) is 6.08 Å². The summed E-state index contributed by atoms with van der Waals surface area (Å²) in [5.74, 6) is 0.738. The van der Waals surface area contributed by atoms with Crippen molar-refractivity contribution >= 4 is 17.8 Å². The first-order chi connectivity index (χ1) is 8.43. The van der Waals surface area contributed by atoms with Gasteiger partial charge >= 0.3 is 5.97 Å².